The van der Waals surface area contributed by atoms with Gasteiger partial charge in [-0.05, 0) is 56.5 Å². The van der Waals surface area contributed by atoms with Crippen LogP contribution in [-0.2, 0) is 11.2 Å². The fourth-order valence-electron chi connectivity index (χ4n) is 2.85. The van der Waals surface area contributed by atoms with Crippen LogP contribution in [0.5, 0.6) is 11.5 Å². The highest BCUT2D eigenvalue weighted by atomic mass is 16.5. The Balaban J connectivity index is 1.90. The molecule has 0 spiro atoms. The van der Waals surface area contributed by atoms with E-state index < -0.39 is 0 Å². The first-order chi connectivity index (χ1) is 10.6. The lowest BCUT2D eigenvalue weighted by Crippen LogP contribution is -2.51. The van der Waals surface area contributed by atoms with Crippen molar-refractivity contribution in [2.24, 2.45) is 0 Å². The summed E-state index contributed by atoms with van der Waals surface area (Å²) in [6.07, 6.45) is 3.24. The summed E-state index contributed by atoms with van der Waals surface area (Å²) in [5.74, 6) is 1.66. The molecule has 1 aliphatic heterocycles. The van der Waals surface area contributed by atoms with Crippen LogP contribution in [0.4, 0.5) is 0 Å². The second-order valence-electron chi connectivity index (χ2n) is 5.74. The van der Waals surface area contributed by atoms with Crippen LogP contribution in [0, 0.1) is 0 Å². The van der Waals surface area contributed by atoms with E-state index in [1.54, 1.807) is 14.2 Å². The van der Waals surface area contributed by atoms with E-state index in [-0.39, 0.29) is 11.9 Å². The minimum atomic E-state index is 0.0884. The highest BCUT2D eigenvalue weighted by Gasteiger charge is 2.22. The zero-order chi connectivity index (χ0) is 15.9. The van der Waals surface area contributed by atoms with Gasteiger partial charge in [0.2, 0.25) is 5.91 Å². The second kappa shape index (κ2) is 8.03. The molecule has 0 aromatic heterocycles. The number of piperidine rings is 1. The lowest BCUT2D eigenvalue weighted by molar-refractivity contribution is -0.122. The number of amides is 1. The number of rotatable bonds is 6. The van der Waals surface area contributed by atoms with Gasteiger partial charge >= 0.3 is 0 Å². The molecule has 0 saturated carbocycles. The summed E-state index contributed by atoms with van der Waals surface area (Å²) in [5, 5.41) is 6.52. The first kappa shape index (κ1) is 16.6. The van der Waals surface area contributed by atoms with Crippen molar-refractivity contribution in [3.63, 3.8) is 0 Å². The molecule has 2 atom stereocenters. The Morgan fingerprint density at radius 2 is 2.18 bits per heavy atom. The van der Waals surface area contributed by atoms with Gasteiger partial charge in [-0.1, -0.05) is 0 Å². The standard InChI is InChI=1S/C17H26N2O3/c1-12-15(5-4-10-18-12)19-17(20)9-6-13-11-14(21-2)7-8-16(13)22-3/h7-8,11-12,15,18H,4-6,9-10H2,1-3H3,(H,19,20). The molecule has 0 radical (unpaired) electrons. The number of hydrogen-bond acceptors (Lipinski definition) is 4. The third kappa shape index (κ3) is 4.37. The summed E-state index contributed by atoms with van der Waals surface area (Å²) in [4.78, 5) is 12.2. The molecule has 1 aromatic rings. The maximum absolute atomic E-state index is 12.2. The summed E-state index contributed by atoms with van der Waals surface area (Å²) >= 11 is 0. The number of carbonyl (C=O) groups is 1. The molecule has 2 unspecified atom stereocenters. The van der Waals surface area contributed by atoms with Gasteiger partial charge < -0.3 is 20.1 Å². The Morgan fingerprint density at radius 3 is 2.86 bits per heavy atom. The molecule has 1 aliphatic rings. The molecule has 0 aliphatic carbocycles. The maximum atomic E-state index is 12.2. The summed E-state index contributed by atoms with van der Waals surface area (Å²) < 4.78 is 10.6. The number of carbonyl (C=O) groups excluding carboxylic acids is 1. The van der Waals surface area contributed by atoms with Crippen molar-refractivity contribution >= 4 is 5.91 Å². The van der Waals surface area contributed by atoms with E-state index >= 15 is 0 Å². The number of nitrogens with one attached hydrogen (secondary N) is 2. The number of methoxy groups -OCH3 is 2. The van der Waals surface area contributed by atoms with E-state index in [4.69, 9.17) is 9.47 Å². The van der Waals surface area contributed by atoms with Crippen molar-refractivity contribution in [1.82, 2.24) is 10.6 Å². The van der Waals surface area contributed by atoms with Gasteiger partial charge in [0.1, 0.15) is 11.5 Å². The fourth-order valence-corrected chi connectivity index (χ4v) is 2.85. The van der Waals surface area contributed by atoms with Gasteiger partial charge in [0.25, 0.3) is 0 Å². The van der Waals surface area contributed by atoms with Crippen molar-refractivity contribution in [1.29, 1.82) is 0 Å². The first-order valence-electron chi connectivity index (χ1n) is 7.87. The Bertz CT molecular complexity index is 505. The Hall–Kier alpha value is -1.75. The molecule has 1 aromatic carbocycles. The molecular formula is C17H26N2O3. The van der Waals surface area contributed by atoms with Crippen molar-refractivity contribution in [3.8, 4) is 11.5 Å². The van der Waals surface area contributed by atoms with Crippen molar-refractivity contribution < 1.29 is 14.3 Å². The molecule has 22 heavy (non-hydrogen) atoms. The highest BCUT2D eigenvalue weighted by Crippen LogP contribution is 2.25. The molecule has 1 saturated heterocycles. The summed E-state index contributed by atoms with van der Waals surface area (Å²) in [6, 6.07) is 6.23. The molecule has 1 heterocycles. The third-order valence-corrected chi connectivity index (χ3v) is 4.22. The molecule has 1 fully saturated rings. The third-order valence-electron chi connectivity index (χ3n) is 4.22. The molecule has 0 bridgehead atoms. The van der Waals surface area contributed by atoms with E-state index in [9.17, 15) is 4.79 Å². The predicted molar refractivity (Wildman–Crippen MR) is 86.5 cm³/mol. The van der Waals surface area contributed by atoms with Crippen LogP contribution in [0.3, 0.4) is 0 Å². The summed E-state index contributed by atoms with van der Waals surface area (Å²) in [6.45, 7) is 3.16. The van der Waals surface area contributed by atoms with Crippen LogP contribution in [0.1, 0.15) is 31.7 Å². The number of hydrogen-bond donors (Lipinski definition) is 2. The van der Waals surface area contributed by atoms with Gasteiger partial charge in [-0.15, -0.1) is 0 Å². The topological polar surface area (TPSA) is 59.6 Å². The SMILES string of the molecule is COc1ccc(OC)c(CCC(=O)NC2CCCNC2C)c1. The van der Waals surface area contributed by atoms with Crippen LogP contribution in [0.15, 0.2) is 18.2 Å². The molecule has 1 amide bonds. The molecule has 2 N–H and O–H groups in total. The Morgan fingerprint density at radius 1 is 1.36 bits per heavy atom. The Labute approximate surface area is 132 Å². The zero-order valence-corrected chi connectivity index (χ0v) is 13.6. The molecule has 5 nitrogen and oxygen atoms in total. The Kier molecular flexibility index (Phi) is 6.07. The normalized spacial score (nSPS) is 21.2. The van der Waals surface area contributed by atoms with E-state index in [1.807, 2.05) is 18.2 Å². The van der Waals surface area contributed by atoms with E-state index in [0.29, 0.717) is 18.9 Å². The van der Waals surface area contributed by atoms with Crippen LogP contribution >= 0.6 is 0 Å². The predicted octanol–water partition coefficient (Wildman–Crippen LogP) is 1.89. The minimum Gasteiger partial charge on any atom is -0.497 e. The van der Waals surface area contributed by atoms with E-state index in [0.717, 1.165) is 36.4 Å². The second-order valence-corrected chi connectivity index (χ2v) is 5.74. The first-order valence-corrected chi connectivity index (χ1v) is 7.87. The smallest absolute Gasteiger partial charge is 0.220 e. The number of benzene rings is 1. The summed E-state index contributed by atoms with van der Waals surface area (Å²) in [5.41, 5.74) is 0.992. The monoisotopic (exact) mass is 306 g/mol. The molecule has 5 heteroatoms. The molecular weight excluding hydrogens is 280 g/mol. The van der Waals surface area contributed by atoms with Crippen molar-refractivity contribution in [2.45, 2.75) is 44.7 Å². The van der Waals surface area contributed by atoms with Gasteiger partial charge in [0.05, 0.1) is 14.2 Å². The van der Waals surface area contributed by atoms with Crippen LogP contribution < -0.4 is 20.1 Å². The molecule has 122 valence electrons. The van der Waals surface area contributed by atoms with Gasteiger partial charge in [0, 0.05) is 18.5 Å². The van der Waals surface area contributed by atoms with Gasteiger partial charge in [-0.25, -0.2) is 0 Å². The average molecular weight is 306 g/mol. The lowest BCUT2D eigenvalue weighted by atomic mass is 9.99. The number of aryl methyl sites for hydroxylation is 1. The minimum absolute atomic E-state index is 0.0884. The average Bonchev–Trinajstić information content (AvgIpc) is 2.54. The van der Waals surface area contributed by atoms with Crippen LogP contribution in [-0.4, -0.2) is 38.8 Å². The zero-order valence-electron chi connectivity index (χ0n) is 13.6. The van der Waals surface area contributed by atoms with Gasteiger partial charge in [-0.2, -0.15) is 0 Å². The van der Waals surface area contributed by atoms with Crippen LogP contribution in [0.2, 0.25) is 0 Å². The highest BCUT2D eigenvalue weighted by molar-refractivity contribution is 5.76. The fraction of sp³-hybridized carbons (Fsp3) is 0.588. The maximum Gasteiger partial charge on any atom is 0.220 e. The molecule has 2 rings (SSSR count). The van der Waals surface area contributed by atoms with Crippen LogP contribution in [0.25, 0.3) is 0 Å². The van der Waals surface area contributed by atoms with E-state index in [2.05, 4.69) is 17.6 Å². The van der Waals surface area contributed by atoms with Gasteiger partial charge in [-0.3, -0.25) is 4.79 Å². The van der Waals surface area contributed by atoms with E-state index in [1.165, 1.54) is 0 Å². The summed E-state index contributed by atoms with van der Waals surface area (Å²) in [7, 11) is 3.27. The lowest BCUT2D eigenvalue weighted by Gasteiger charge is -2.30. The van der Waals surface area contributed by atoms with Gasteiger partial charge in [0.15, 0.2) is 0 Å². The number of ether oxygens (including phenoxy) is 2. The van der Waals surface area contributed by atoms with Crippen molar-refractivity contribution in [2.75, 3.05) is 20.8 Å². The quantitative estimate of drug-likeness (QED) is 0.843. The van der Waals surface area contributed by atoms with Crippen molar-refractivity contribution in [3.05, 3.63) is 23.8 Å². The largest absolute Gasteiger partial charge is 0.497 e.